The van der Waals surface area contributed by atoms with Gasteiger partial charge in [-0.1, -0.05) is 31.5 Å². The highest BCUT2D eigenvalue weighted by Crippen LogP contribution is 2.41. The molecule has 172 valence electrons. The van der Waals surface area contributed by atoms with Crippen LogP contribution in [0, 0.1) is 5.92 Å². The highest BCUT2D eigenvalue weighted by molar-refractivity contribution is 5.94. The number of nitrogens with one attached hydrogen (secondary N) is 1. The predicted molar refractivity (Wildman–Crippen MR) is 126 cm³/mol. The summed E-state index contributed by atoms with van der Waals surface area (Å²) >= 11 is 0. The molecule has 0 spiro atoms. The summed E-state index contributed by atoms with van der Waals surface area (Å²) in [6, 6.07) is 14.7. The first-order valence-corrected chi connectivity index (χ1v) is 11.4. The Bertz CT molecular complexity index is 910. The van der Waals surface area contributed by atoms with Gasteiger partial charge in [0, 0.05) is 24.2 Å². The molecule has 2 aromatic carbocycles. The van der Waals surface area contributed by atoms with E-state index in [1.165, 1.54) is 0 Å². The molecular weight excluding hydrogens is 404 g/mol. The Labute approximate surface area is 190 Å². The van der Waals surface area contributed by atoms with E-state index in [4.69, 9.17) is 9.47 Å². The lowest BCUT2D eigenvalue weighted by molar-refractivity contribution is -0.142. The maximum atomic E-state index is 13.4. The lowest BCUT2D eigenvalue weighted by Gasteiger charge is -2.41. The first kappa shape index (κ1) is 23.6. The highest BCUT2D eigenvalue weighted by Gasteiger charge is 2.41. The standard InChI is InChI=1S/C26H34N2O4/c1-5-6-17-28-24(29)16-15-22(25(28)21-9-7-8-10-23(21)31-4)26(30)27-19-11-13-20(14-12-19)32-18(2)3/h7-14,18,22,25H,5-6,15-17H2,1-4H3,(H,27,30). The Morgan fingerprint density at radius 2 is 1.88 bits per heavy atom. The largest absolute Gasteiger partial charge is 0.496 e. The van der Waals surface area contributed by atoms with Gasteiger partial charge in [-0.3, -0.25) is 9.59 Å². The van der Waals surface area contributed by atoms with Crippen LogP contribution in [0.3, 0.4) is 0 Å². The lowest BCUT2D eigenvalue weighted by atomic mass is 9.83. The number of likely N-dealkylation sites (tertiary alicyclic amines) is 1. The summed E-state index contributed by atoms with van der Waals surface area (Å²) in [5.74, 6) is 1.09. The average molecular weight is 439 g/mol. The summed E-state index contributed by atoms with van der Waals surface area (Å²) in [4.78, 5) is 28.2. The molecule has 1 N–H and O–H groups in total. The number of hydrogen-bond acceptors (Lipinski definition) is 4. The molecule has 1 aliphatic heterocycles. The molecule has 6 heteroatoms. The van der Waals surface area contributed by atoms with Gasteiger partial charge in [-0.15, -0.1) is 0 Å². The third-order valence-corrected chi connectivity index (χ3v) is 5.75. The lowest BCUT2D eigenvalue weighted by Crippen LogP contribution is -2.47. The fourth-order valence-corrected chi connectivity index (χ4v) is 4.24. The third-order valence-electron chi connectivity index (χ3n) is 5.75. The van der Waals surface area contributed by atoms with Crippen molar-refractivity contribution < 1.29 is 19.1 Å². The Morgan fingerprint density at radius 3 is 2.53 bits per heavy atom. The van der Waals surface area contributed by atoms with Crippen LogP contribution in [-0.4, -0.2) is 36.5 Å². The summed E-state index contributed by atoms with van der Waals surface area (Å²) in [6.07, 6.45) is 2.83. The van der Waals surface area contributed by atoms with Crippen LogP contribution in [0.1, 0.15) is 58.1 Å². The van der Waals surface area contributed by atoms with Crippen LogP contribution in [-0.2, 0) is 9.59 Å². The number of carbonyl (C=O) groups excluding carboxylic acids is 2. The van der Waals surface area contributed by atoms with Crippen molar-refractivity contribution in [1.82, 2.24) is 4.90 Å². The average Bonchev–Trinajstić information content (AvgIpc) is 2.79. The number of anilines is 1. The van der Waals surface area contributed by atoms with Gasteiger partial charge in [-0.2, -0.15) is 0 Å². The zero-order valence-corrected chi connectivity index (χ0v) is 19.5. The van der Waals surface area contributed by atoms with Crippen molar-refractivity contribution in [1.29, 1.82) is 0 Å². The Morgan fingerprint density at radius 1 is 1.16 bits per heavy atom. The minimum atomic E-state index is -0.368. The smallest absolute Gasteiger partial charge is 0.229 e. The van der Waals surface area contributed by atoms with Gasteiger partial charge in [0.25, 0.3) is 0 Å². The number of para-hydroxylation sites is 1. The minimum absolute atomic E-state index is 0.0888. The number of rotatable bonds is 9. The number of methoxy groups -OCH3 is 1. The molecule has 0 saturated carbocycles. The van der Waals surface area contributed by atoms with E-state index >= 15 is 0 Å². The molecule has 3 rings (SSSR count). The van der Waals surface area contributed by atoms with Crippen LogP contribution in [0.25, 0.3) is 0 Å². The predicted octanol–water partition coefficient (Wildman–Crippen LogP) is 5.20. The number of benzene rings is 2. The van der Waals surface area contributed by atoms with E-state index in [-0.39, 0.29) is 29.9 Å². The first-order valence-electron chi connectivity index (χ1n) is 11.4. The molecular formula is C26H34N2O4. The summed E-state index contributed by atoms with van der Waals surface area (Å²) in [5.41, 5.74) is 1.59. The van der Waals surface area contributed by atoms with E-state index in [2.05, 4.69) is 12.2 Å². The van der Waals surface area contributed by atoms with E-state index in [0.717, 1.165) is 24.2 Å². The Hall–Kier alpha value is -3.02. The SMILES string of the molecule is CCCCN1C(=O)CCC(C(=O)Nc2ccc(OC(C)C)cc2)C1c1ccccc1OC. The van der Waals surface area contributed by atoms with Crippen molar-refractivity contribution in [3.05, 3.63) is 54.1 Å². The van der Waals surface area contributed by atoms with Crippen molar-refractivity contribution in [2.75, 3.05) is 19.0 Å². The molecule has 2 atom stereocenters. The second kappa shape index (κ2) is 11.0. The van der Waals surface area contributed by atoms with Gasteiger partial charge in [0.2, 0.25) is 11.8 Å². The van der Waals surface area contributed by atoms with Crippen LogP contribution in [0.15, 0.2) is 48.5 Å². The molecule has 0 aromatic heterocycles. The van der Waals surface area contributed by atoms with Gasteiger partial charge in [-0.25, -0.2) is 0 Å². The summed E-state index contributed by atoms with van der Waals surface area (Å²) in [5, 5.41) is 3.05. The fraction of sp³-hybridized carbons (Fsp3) is 0.462. The molecule has 2 aromatic rings. The molecule has 2 amide bonds. The third kappa shape index (κ3) is 5.61. The number of ether oxygens (including phenoxy) is 2. The van der Waals surface area contributed by atoms with Gasteiger partial charge in [0.15, 0.2) is 0 Å². The molecule has 1 saturated heterocycles. The van der Waals surface area contributed by atoms with Gasteiger partial charge in [-0.05, 0) is 57.0 Å². The van der Waals surface area contributed by atoms with E-state index in [0.29, 0.717) is 30.8 Å². The van der Waals surface area contributed by atoms with Gasteiger partial charge < -0.3 is 19.7 Å². The second-order valence-corrected chi connectivity index (χ2v) is 8.45. The summed E-state index contributed by atoms with van der Waals surface area (Å²) in [7, 11) is 1.62. The van der Waals surface area contributed by atoms with Crippen LogP contribution < -0.4 is 14.8 Å². The quantitative estimate of drug-likeness (QED) is 0.584. The number of nitrogens with zero attached hydrogens (tertiary/aromatic N) is 1. The summed E-state index contributed by atoms with van der Waals surface area (Å²) < 4.78 is 11.3. The van der Waals surface area contributed by atoms with Gasteiger partial charge >= 0.3 is 0 Å². The highest BCUT2D eigenvalue weighted by atomic mass is 16.5. The molecule has 6 nitrogen and oxygen atoms in total. The molecule has 0 radical (unpaired) electrons. The number of unbranched alkanes of at least 4 members (excludes halogenated alkanes) is 1. The minimum Gasteiger partial charge on any atom is -0.496 e. The van der Waals surface area contributed by atoms with Crippen LogP contribution in [0.2, 0.25) is 0 Å². The normalized spacial score (nSPS) is 18.5. The van der Waals surface area contributed by atoms with Gasteiger partial charge in [0.1, 0.15) is 11.5 Å². The Kier molecular flexibility index (Phi) is 8.14. The first-order chi connectivity index (χ1) is 15.4. The van der Waals surface area contributed by atoms with E-state index in [1.807, 2.05) is 67.3 Å². The Balaban J connectivity index is 1.87. The second-order valence-electron chi connectivity index (χ2n) is 8.45. The zero-order valence-electron chi connectivity index (χ0n) is 19.5. The molecule has 32 heavy (non-hydrogen) atoms. The van der Waals surface area contributed by atoms with Crippen LogP contribution >= 0.6 is 0 Å². The number of amides is 2. The van der Waals surface area contributed by atoms with E-state index in [1.54, 1.807) is 7.11 Å². The van der Waals surface area contributed by atoms with Crippen molar-refractivity contribution in [3.8, 4) is 11.5 Å². The van der Waals surface area contributed by atoms with Crippen molar-refractivity contribution in [2.45, 2.75) is 58.6 Å². The van der Waals surface area contributed by atoms with Crippen LogP contribution in [0.4, 0.5) is 5.69 Å². The van der Waals surface area contributed by atoms with Crippen LogP contribution in [0.5, 0.6) is 11.5 Å². The number of carbonyl (C=O) groups is 2. The van der Waals surface area contributed by atoms with Gasteiger partial charge in [0.05, 0.1) is 25.2 Å². The van der Waals surface area contributed by atoms with Crippen molar-refractivity contribution >= 4 is 17.5 Å². The molecule has 2 unspecified atom stereocenters. The zero-order chi connectivity index (χ0) is 23.1. The van der Waals surface area contributed by atoms with E-state index < -0.39 is 0 Å². The van der Waals surface area contributed by atoms with E-state index in [9.17, 15) is 9.59 Å². The maximum Gasteiger partial charge on any atom is 0.229 e. The molecule has 1 heterocycles. The maximum absolute atomic E-state index is 13.4. The molecule has 1 aliphatic rings. The van der Waals surface area contributed by atoms with Crippen molar-refractivity contribution in [2.24, 2.45) is 5.92 Å². The molecule has 0 aliphatic carbocycles. The number of hydrogen-bond donors (Lipinski definition) is 1. The fourth-order valence-electron chi connectivity index (χ4n) is 4.24. The van der Waals surface area contributed by atoms with Crippen molar-refractivity contribution in [3.63, 3.8) is 0 Å². The topological polar surface area (TPSA) is 67.9 Å². The summed E-state index contributed by atoms with van der Waals surface area (Å²) in [6.45, 7) is 6.68. The number of piperidine rings is 1. The monoisotopic (exact) mass is 438 g/mol. The molecule has 0 bridgehead atoms. The molecule has 1 fully saturated rings.